The third-order valence-corrected chi connectivity index (χ3v) is 3.13. The molecule has 4 N–H and O–H groups in total. The summed E-state index contributed by atoms with van der Waals surface area (Å²) in [6.07, 6.45) is 5.92. The van der Waals surface area contributed by atoms with E-state index >= 15 is 0 Å². The van der Waals surface area contributed by atoms with E-state index in [1.54, 1.807) is 0 Å². The van der Waals surface area contributed by atoms with Gasteiger partial charge in [-0.05, 0) is 12.8 Å². The molecule has 1 saturated carbocycles. The summed E-state index contributed by atoms with van der Waals surface area (Å²) in [5, 5.41) is 9.89. The quantitative estimate of drug-likeness (QED) is 0.694. The van der Waals surface area contributed by atoms with E-state index in [1.165, 1.54) is 26.4 Å². The molecule has 0 atom stereocenters. The Morgan fingerprint density at radius 2 is 2.18 bits per heavy atom. The molecule has 0 unspecified atom stereocenters. The highest BCUT2D eigenvalue weighted by atomic mass is 16.5. The van der Waals surface area contributed by atoms with Crippen molar-refractivity contribution in [2.45, 2.75) is 38.1 Å². The average molecular weight is 238 g/mol. The number of hydrogen-bond acceptors (Lipinski definition) is 5. The summed E-state index contributed by atoms with van der Waals surface area (Å²) in [6.45, 7) is 0. The van der Waals surface area contributed by atoms with Gasteiger partial charge in [0.15, 0.2) is 5.82 Å². The number of carbonyl (C=O) groups excluding carboxylic acids is 1. The molecule has 6 heteroatoms. The number of H-pyrrole nitrogens is 1. The van der Waals surface area contributed by atoms with Gasteiger partial charge in [-0.1, -0.05) is 19.3 Å². The number of aromatic nitrogens is 2. The van der Waals surface area contributed by atoms with E-state index < -0.39 is 5.97 Å². The molecule has 0 aliphatic heterocycles. The van der Waals surface area contributed by atoms with Gasteiger partial charge in [0.1, 0.15) is 11.4 Å². The van der Waals surface area contributed by atoms with E-state index in [4.69, 9.17) is 5.73 Å². The molecule has 94 valence electrons. The van der Waals surface area contributed by atoms with Gasteiger partial charge in [-0.25, -0.2) is 4.79 Å². The number of methoxy groups -OCH3 is 1. The minimum absolute atomic E-state index is 0.246. The van der Waals surface area contributed by atoms with Gasteiger partial charge in [0.05, 0.1) is 7.11 Å². The van der Waals surface area contributed by atoms with Crippen LogP contribution in [-0.2, 0) is 4.74 Å². The van der Waals surface area contributed by atoms with Gasteiger partial charge in [0, 0.05) is 6.04 Å². The van der Waals surface area contributed by atoms with E-state index in [-0.39, 0.29) is 5.82 Å². The molecular formula is C11H18N4O2. The topological polar surface area (TPSA) is 93.0 Å². The van der Waals surface area contributed by atoms with Crippen molar-refractivity contribution in [3.8, 4) is 0 Å². The van der Waals surface area contributed by atoms with Crippen LogP contribution in [0.1, 0.15) is 42.5 Å². The van der Waals surface area contributed by atoms with Crippen molar-refractivity contribution in [1.29, 1.82) is 0 Å². The zero-order valence-electron chi connectivity index (χ0n) is 9.95. The number of nitrogens with two attached hydrogens (primary N) is 1. The molecule has 1 aliphatic carbocycles. The second kappa shape index (κ2) is 5.07. The van der Waals surface area contributed by atoms with Crippen molar-refractivity contribution in [3.05, 3.63) is 5.56 Å². The van der Waals surface area contributed by atoms with Gasteiger partial charge in [-0.3, -0.25) is 5.10 Å². The minimum Gasteiger partial charge on any atom is -0.465 e. The lowest BCUT2D eigenvalue weighted by atomic mass is 9.95. The lowest BCUT2D eigenvalue weighted by Gasteiger charge is -2.22. The lowest BCUT2D eigenvalue weighted by Crippen LogP contribution is -2.23. The molecule has 1 aliphatic rings. The molecule has 0 spiro atoms. The Bertz CT molecular complexity index is 396. The summed E-state index contributed by atoms with van der Waals surface area (Å²) >= 11 is 0. The van der Waals surface area contributed by atoms with E-state index in [0.29, 0.717) is 17.4 Å². The molecule has 0 amide bonds. The first kappa shape index (κ1) is 11.8. The molecule has 0 bridgehead atoms. The van der Waals surface area contributed by atoms with Crippen LogP contribution in [0, 0.1) is 0 Å². The van der Waals surface area contributed by atoms with Crippen LogP contribution in [0.2, 0.25) is 0 Å². The third-order valence-electron chi connectivity index (χ3n) is 3.13. The van der Waals surface area contributed by atoms with Gasteiger partial charge in [0.2, 0.25) is 0 Å². The van der Waals surface area contributed by atoms with Crippen molar-refractivity contribution < 1.29 is 9.53 Å². The Balaban J connectivity index is 2.12. The van der Waals surface area contributed by atoms with E-state index in [9.17, 15) is 4.79 Å². The van der Waals surface area contributed by atoms with Crippen LogP contribution in [0.5, 0.6) is 0 Å². The molecule has 1 aromatic rings. The Labute approximate surface area is 99.9 Å². The number of esters is 1. The molecule has 0 saturated heterocycles. The van der Waals surface area contributed by atoms with Crippen LogP contribution in [0.25, 0.3) is 0 Å². The second-order valence-corrected chi connectivity index (χ2v) is 4.33. The zero-order chi connectivity index (χ0) is 12.3. The van der Waals surface area contributed by atoms with E-state index in [2.05, 4.69) is 20.3 Å². The molecule has 1 heterocycles. The van der Waals surface area contributed by atoms with Gasteiger partial charge < -0.3 is 15.8 Å². The van der Waals surface area contributed by atoms with Crippen LogP contribution in [0.4, 0.5) is 11.6 Å². The highest BCUT2D eigenvalue weighted by molar-refractivity contribution is 5.99. The fourth-order valence-electron chi connectivity index (χ4n) is 2.21. The summed E-state index contributed by atoms with van der Waals surface area (Å²) in [6, 6.07) is 0.370. The highest BCUT2D eigenvalue weighted by Gasteiger charge is 2.22. The Morgan fingerprint density at radius 3 is 2.82 bits per heavy atom. The first-order chi connectivity index (χ1) is 8.22. The fraction of sp³-hybridized carbons (Fsp3) is 0.636. The van der Waals surface area contributed by atoms with E-state index in [0.717, 1.165) is 12.8 Å². The normalized spacial score (nSPS) is 16.8. The number of anilines is 2. The van der Waals surface area contributed by atoms with Crippen molar-refractivity contribution >= 4 is 17.6 Å². The van der Waals surface area contributed by atoms with Crippen LogP contribution < -0.4 is 11.1 Å². The Morgan fingerprint density at radius 1 is 1.47 bits per heavy atom. The number of hydrogen-bond donors (Lipinski definition) is 3. The van der Waals surface area contributed by atoms with Crippen LogP contribution in [-0.4, -0.2) is 29.3 Å². The largest absolute Gasteiger partial charge is 0.465 e. The van der Waals surface area contributed by atoms with Gasteiger partial charge >= 0.3 is 5.97 Å². The van der Waals surface area contributed by atoms with Crippen molar-refractivity contribution in [2.75, 3.05) is 18.2 Å². The molecule has 2 rings (SSSR count). The monoisotopic (exact) mass is 238 g/mol. The maximum atomic E-state index is 11.6. The summed E-state index contributed by atoms with van der Waals surface area (Å²) in [4.78, 5) is 11.6. The van der Waals surface area contributed by atoms with Crippen LogP contribution >= 0.6 is 0 Å². The molecule has 0 aromatic carbocycles. The zero-order valence-corrected chi connectivity index (χ0v) is 9.95. The first-order valence-electron chi connectivity index (χ1n) is 5.91. The third kappa shape index (κ3) is 2.51. The fourth-order valence-corrected chi connectivity index (χ4v) is 2.21. The maximum absolute atomic E-state index is 11.6. The number of rotatable bonds is 3. The second-order valence-electron chi connectivity index (χ2n) is 4.33. The van der Waals surface area contributed by atoms with Crippen LogP contribution in [0.3, 0.4) is 0 Å². The molecular weight excluding hydrogens is 220 g/mol. The van der Waals surface area contributed by atoms with Crippen molar-refractivity contribution in [1.82, 2.24) is 10.2 Å². The molecule has 0 radical (unpaired) electrons. The van der Waals surface area contributed by atoms with Gasteiger partial charge in [-0.2, -0.15) is 5.10 Å². The van der Waals surface area contributed by atoms with Crippen LogP contribution in [0.15, 0.2) is 0 Å². The molecule has 6 nitrogen and oxygen atoms in total. The Hall–Kier alpha value is -1.72. The standard InChI is InChI=1S/C11H18N4O2/c1-17-11(16)8-9(12)14-15-10(8)13-7-5-3-2-4-6-7/h7H,2-6H2,1H3,(H4,12,13,14,15). The first-order valence-corrected chi connectivity index (χ1v) is 5.91. The van der Waals surface area contributed by atoms with Gasteiger partial charge in [-0.15, -0.1) is 0 Å². The van der Waals surface area contributed by atoms with E-state index in [1.807, 2.05) is 0 Å². The smallest absolute Gasteiger partial charge is 0.345 e. The summed E-state index contributed by atoms with van der Waals surface area (Å²) in [7, 11) is 1.33. The SMILES string of the molecule is COC(=O)c1c(NC2CCCCC2)n[nH]c1N. The number of nitrogen functional groups attached to an aromatic ring is 1. The molecule has 1 aromatic heterocycles. The van der Waals surface area contributed by atoms with Gasteiger partial charge in [0.25, 0.3) is 0 Å². The highest BCUT2D eigenvalue weighted by Crippen LogP contribution is 2.25. The summed E-state index contributed by atoms with van der Waals surface area (Å²) in [5.74, 6) is 0.283. The summed E-state index contributed by atoms with van der Waals surface area (Å²) in [5.41, 5.74) is 5.97. The Kier molecular flexibility index (Phi) is 3.51. The van der Waals surface area contributed by atoms with Crippen molar-refractivity contribution in [2.24, 2.45) is 0 Å². The lowest BCUT2D eigenvalue weighted by molar-refractivity contribution is 0.0603. The number of aromatic amines is 1. The number of ether oxygens (including phenoxy) is 1. The number of nitrogens with zero attached hydrogens (tertiary/aromatic N) is 1. The molecule has 17 heavy (non-hydrogen) atoms. The minimum atomic E-state index is -0.463. The molecule has 1 fully saturated rings. The maximum Gasteiger partial charge on any atom is 0.345 e. The predicted octanol–water partition coefficient (Wildman–Crippen LogP) is 1.52. The number of nitrogens with one attached hydrogen (secondary N) is 2. The van der Waals surface area contributed by atoms with Crippen molar-refractivity contribution in [3.63, 3.8) is 0 Å². The average Bonchev–Trinajstić information content (AvgIpc) is 2.71. The predicted molar refractivity (Wildman–Crippen MR) is 64.8 cm³/mol. The summed E-state index contributed by atoms with van der Waals surface area (Å²) < 4.78 is 4.69. The number of carbonyl (C=O) groups is 1.